The molecule has 4 nitrogen and oxygen atoms in total. The summed E-state index contributed by atoms with van der Waals surface area (Å²) in [6, 6.07) is 14.2. The van der Waals surface area contributed by atoms with Gasteiger partial charge in [-0.05, 0) is 70.6 Å². The van der Waals surface area contributed by atoms with E-state index in [2.05, 4.69) is 47.1 Å². The van der Waals surface area contributed by atoms with Crippen LogP contribution >= 0.6 is 11.3 Å². The molecule has 0 amide bonds. The van der Waals surface area contributed by atoms with Gasteiger partial charge in [-0.1, -0.05) is 18.2 Å². The van der Waals surface area contributed by atoms with Crippen LogP contribution in [0.4, 0.5) is 5.69 Å². The highest BCUT2D eigenvalue weighted by atomic mass is 32.2. The number of nitrogens with two attached hydrogens (primary N) is 1. The Morgan fingerprint density at radius 1 is 1.12 bits per heavy atom. The van der Waals surface area contributed by atoms with Crippen molar-refractivity contribution < 1.29 is 8.42 Å². The maximum atomic E-state index is 11.7. The van der Waals surface area contributed by atoms with Crippen molar-refractivity contribution in [2.75, 3.05) is 5.32 Å². The molecule has 0 spiro atoms. The molecule has 2 heterocycles. The molecule has 0 saturated heterocycles. The number of hydrogen-bond donors (Lipinski definition) is 2. The number of nitrogens with one attached hydrogen (secondary N) is 1. The molecule has 1 aromatic heterocycles. The lowest BCUT2D eigenvalue weighted by molar-refractivity contribution is 0.425. The number of allylic oxidation sites excluding steroid dienone is 2. The maximum Gasteiger partial charge on any atom is 0.238 e. The van der Waals surface area contributed by atoms with Gasteiger partial charge in [0.2, 0.25) is 10.0 Å². The van der Waals surface area contributed by atoms with Gasteiger partial charge in [0.05, 0.1) is 10.9 Å². The fraction of sp³-hybridized carbons (Fsp3) is 0.200. The van der Waals surface area contributed by atoms with Crippen molar-refractivity contribution in [2.45, 2.75) is 23.3 Å². The van der Waals surface area contributed by atoms with Crippen molar-refractivity contribution in [3.8, 4) is 0 Å². The van der Waals surface area contributed by atoms with Crippen molar-refractivity contribution in [3.63, 3.8) is 0 Å². The first-order valence-electron chi connectivity index (χ1n) is 8.58. The van der Waals surface area contributed by atoms with Crippen LogP contribution in [0, 0.1) is 5.92 Å². The lowest BCUT2D eigenvalue weighted by Crippen LogP contribution is -2.29. The fourth-order valence-electron chi connectivity index (χ4n) is 4.26. The van der Waals surface area contributed by atoms with Crippen LogP contribution in [0.2, 0.25) is 0 Å². The quantitative estimate of drug-likeness (QED) is 0.646. The van der Waals surface area contributed by atoms with Crippen molar-refractivity contribution in [1.82, 2.24) is 0 Å². The van der Waals surface area contributed by atoms with Gasteiger partial charge in [-0.25, -0.2) is 13.6 Å². The van der Waals surface area contributed by atoms with Crippen molar-refractivity contribution in [1.29, 1.82) is 0 Å². The third-order valence-electron chi connectivity index (χ3n) is 5.50. The Labute approximate surface area is 156 Å². The predicted molar refractivity (Wildman–Crippen MR) is 106 cm³/mol. The van der Waals surface area contributed by atoms with Crippen LogP contribution in [-0.2, 0) is 10.0 Å². The summed E-state index contributed by atoms with van der Waals surface area (Å²) in [5.41, 5.74) is 3.28. The Bertz CT molecular complexity index is 1150. The highest BCUT2D eigenvalue weighted by Gasteiger charge is 2.38. The first-order chi connectivity index (χ1) is 12.5. The molecule has 2 aliphatic rings. The van der Waals surface area contributed by atoms with Gasteiger partial charge in [-0.15, -0.1) is 11.3 Å². The average Bonchev–Trinajstić information content (AvgIpc) is 3.28. The Morgan fingerprint density at radius 3 is 2.85 bits per heavy atom. The molecule has 1 aliphatic carbocycles. The van der Waals surface area contributed by atoms with Gasteiger partial charge in [-0.3, -0.25) is 0 Å². The van der Waals surface area contributed by atoms with E-state index < -0.39 is 10.0 Å². The third kappa shape index (κ3) is 2.48. The zero-order valence-corrected chi connectivity index (χ0v) is 15.6. The van der Waals surface area contributed by atoms with Crippen LogP contribution in [-0.4, -0.2) is 8.42 Å². The predicted octanol–water partition coefficient (Wildman–Crippen LogP) is 4.38. The van der Waals surface area contributed by atoms with E-state index in [9.17, 15) is 8.42 Å². The maximum absolute atomic E-state index is 11.7. The molecule has 132 valence electrons. The van der Waals surface area contributed by atoms with E-state index in [1.54, 1.807) is 23.5 Å². The molecule has 3 atom stereocenters. The molecule has 0 fully saturated rings. The Kier molecular flexibility index (Phi) is 3.50. The largest absolute Gasteiger partial charge is 0.378 e. The van der Waals surface area contributed by atoms with Gasteiger partial charge in [0.15, 0.2) is 0 Å². The number of thiophene rings is 1. The third-order valence-corrected chi connectivity index (χ3v) is 7.31. The fourth-order valence-corrected chi connectivity index (χ4v) is 5.58. The summed E-state index contributed by atoms with van der Waals surface area (Å²) in [6.07, 6.45) is 5.38. The molecule has 5 rings (SSSR count). The van der Waals surface area contributed by atoms with Crippen LogP contribution in [0.15, 0.2) is 64.9 Å². The molecule has 0 saturated carbocycles. The zero-order chi connectivity index (χ0) is 17.9. The Hall–Kier alpha value is -2.15. The van der Waals surface area contributed by atoms with E-state index >= 15 is 0 Å². The lowest BCUT2D eigenvalue weighted by atomic mass is 9.77. The molecule has 0 radical (unpaired) electrons. The number of sulfonamides is 1. The standard InChI is InChI=1S/C20H18N2O2S2/c21-26(23,24)14-5-6-18-17(11-14)15-2-1-3-16(15)20(22-18)13-4-7-19-12(10-13)8-9-25-19/h1-2,4-11,15-16,20,22H,3H2,(H2,21,23,24)/t15-,16+,20+/m0/s1. The summed E-state index contributed by atoms with van der Waals surface area (Å²) in [5, 5.41) is 12.4. The molecule has 2 aromatic carbocycles. The lowest BCUT2D eigenvalue weighted by Gasteiger charge is -2.37. The highest BCUT2D eigenvalue weighted by molar-refractivity contribution is 7.89. The van der Waals surface area contributed by atoms with Crippen LogP contribution in [0.25, 0.3) is 10.1 Å². The van der Waals surface area contributed by atoms with Crippen molar-refractivity contribution in [2.24, 2.45) is 11.1 Å². The SMILES string of the molecule is NS(=O)(=O)c1ccc2c(c1)[C@H]1C=CC[C@H]1[C@@H](c1ccc3sccc3c1)N2. The van der Waals surface area contributed by atoms with Gasteiger partial charge in [0.25, 0.3) is 0 Å². The summed E-state index contributed by atoms with van der Waals surface area (Å²) >= 11 is 1.75. The van der Waals surface area contributed by atoms with Gasteiger partial charge < -0.3 is 5.32 Å². The van der Waals surface area contributed by atoms with E-state index in [4.69, 9.17) is 5.14 Å². The van der Waals surface area contributed by atoms with Gasteiger partial charge in [0.1, 0.15) is 0 Å². The zero-order valence-electron chi connectivity index (χ0n) is 13.9. The first-order valence-corrected chi connectivity index (χ1v) is 11.0. The minimum absolute atomic E-state index is 0.176. The number of rotatable bonds is 2. The van der Waals surface area contributed by atoms with E-state index in [0.29, 0.717) is 5.92 Å². The summed E-state index contributed by atoms with van der Waals surface area (Å²) in [4.78, 5) is 0.176. The summed E-state index contributed by atoms with van der Waals surface area (Å²) < 4.78 is 24.8. The smallest absolute Gasteiger partial charge is 0.238 e. The number of anilines is 1. The molecule has 0 bridgehead atoms. The van der Waals surface area contributed by atoms with Crippen molar-refractivity contribution >= 4 is 37.1 Å². The summed E-state index contributed by atoms with van der Waals surface area (Å²) in [6.45, 7) is 0. The van der Waals surface area contributed by atoms with Gasteiger partial charge >= 0.3 is 0 Å². The highest BCUT2D eigenvalue weighted by Crippen LogP contribution is 2.50. The number of hydrogen-bond acceptors (Lipinski definition) is 4. The molecule has 1 aliphatic heterocycles. The van der Waals surface area contributed by atoms with E-state index in [0.717, 1.165) is 17.7 Å². The molecule has 3 N–H and O–H groups in total. The van der Waals surface area contributed by atoms with E-state index in [1.807, 2.05) is 6.07 Å². The second-order valence-electron chi connectivity index (χ2n) is 6.99. The molecule has 6 heteroatoms. The second-order valence-corrected chi connectivity index (χ2v) is 9.50. The summed E-state index contributed by atoms with van der Waals surface area (Å²) in [7, 11) is -3.70. The van der Waals surface area contributed by atoms with Crippen LogP contribution < -0.4 is 10.5 Å². The van der Waals surface area contributed by atoms with E-state index in [1.165, 1.54) is 15.6 Å². The van der Waals surface area contributed by atoms with Crippen LogP contribution in [0.1, 0.15) is 29.5 Å². The topological polar surface area (TPSA) is 72.2 Å². The Balaban J connectivity index is 1.61. The Morgan fingerprint density at radius 2 is 2.00 bits per heavy atom. The number of benzene rings is 2. The monoisotopic (exact) mass is 382 g/mol. The van der Waals surface area contributed by atoms with Crippen LogP contribution in [0.5, 0.6) is 0 Å². The molecule has 0 unspecified atom stereocenters. The molecular weight excluding hydrogens is 364 g/mol. The average molecular weight is 383 g/mol. The molecular formula is C20H18N2O2S2. The van der Waals surface area contributed by atoms with Crippen LogP contribution in [0.3, 0.4) is 0 Å². The van der Waals surface area contributed by atoms with Gasteiger partial charge in [-0.2, -0.15) is 0 Å². The molecule has 26 heavy (non-hydrogen) atoms. The summed E-state index contributed by atoms with van der Waals surface area (Å²) in [5.74, 6) is 0.574. The number of primary sulfonamides is 1. The second kappa shape index (κ2) is 5.67. The minimum atomic E-state index is -3.70. The minimum Gasteiger partial charge on any atom is -0.378 e. The van der Waals surface area contributed by atoms with E-state index in [-0.39, 0.29) is 16.9 Å². The first kappa shape index (κ1) is 16.1. The van der Waals surface area contributed by atoms with Crippen molar-refractivity contribution in [3.05, 3.63) is 71.1 Å². The number of fused-ring (bicyclic) bond motifs is 4. The normalized spacial score (nSPS) is 24.3. The molecule has 3 aromatic rings. The van der Waals surface area contributed by atoms with Gasteiger partial charge in [0, 0.05) is 16.3 Å².